The molecular weight excluding hydrogens is 298 g/mol. The molecule has 0 saturated heterocycles. The van der Waals surface area contributed by atoms with Crippen LogP contribution in [0.25, 0.3) is 0 Å². The summed E-state index contributed by atoms with van der Waals surface area (Å²) in [6.07, 6.45) is 0. The predicted molar refractivity (Wildman–Crippen MR) is 67.3 cm³/mol. The van der Waals surface area contributed by atoms with Gasteiger partial charge in [0.05, 0.1) is 0 Å². The van der Waals surface area contributed by atoms with Gasteiger partial charge in [0.2, 0.25) is 0 Å². The lowest BCUT2D eigenvalue weighted by atomic mass is 10.1. The third kappa shape index (κ3) is 3.55. The molecule has 0 saturated carbocycles. The highest BCUT2D eigenvalue weighted by atomic mass is 79.9. The number of sulfonamides is 1. The smallest absolute Gasteiger partial charge is 0.206 e. The highest BCUT2D eigenvalue weighted by molar-refractivity contribution is 9.09. The van der Waals surface area contributed by atoms with Crippen LogP contribution in [0.5, 0.6) is 0 Å². The van der Waals surface area contributed by atoms with Crippen molar-refractivity contribution in [3.8, 4) is 0 Å². The zero-order valence-electron chi connectivity index (χ0n) is 8.87. The second-order valence-electron chi connectivity index (χ2n) is 3.99. The average molecular weight is 312 g/mol. The lowest BCUT2D eigenvalue weighted by Crippen LogP contribution is -2.44. The summed E-state index contributed by atoms with van der Waals surface area (Å²) in [6.45, 7) is 5.55. The van der Waals surface area contributed by atoms with E-state index in [1.165, 1.54) is 11.3 Å². The summed E-state index contributed by atoms with van der Waals surface area (Å²) in [5, 5.41) is 0.573. The SMILES string of the molecule is Cc1ccc(S(=O)(=O)NC(C)(C)CBr)s1. The van der Waals surface area contributed by atoms with Gasteiger partial charge in [0.25, 0.3) is 10.0 Å². The monoisotopic (exact) mass is 311 g/mol. The Hall–Kier alpha value is 0.0900. The van der Waals surface area contributed by atoms with Crippen LogP contribution in [0.4, 0.5) is 0 Å². The topological polar surface area (TPSA) is 46.2 Å². The largest absolute Gasteiger partial charge is 0.250 e. The molecule has 3 nitrogen and oxygen atoms in total. The summed E-state index contributed by atoms with van der Waals surface area (Å²) in [5.41, 5.74) is -0.475. The van der Waals surface area contributed by atoms with Gasteiger partial charge in [-0.05, 0) is 32.9 Å². The van der Waals surface area contributed by atoms with Gasteiger partial charge in [0.1, 0.15) is 4.21 Å². The molecule has 0 spiro atoms. The van der Waals surface area contributed by atoms with E-state index in [1.807, 2.05) is 20.8 Å². The number of halogens is 1. The number of thiophene rings is 1. The minimum Gasteiger partial charge on any atom is -0.206 e. The zero-order valence-corrected chi connectivity index (χ0v) is 12.1. The van der Waals surface area contributed by atoms with E-state index in [9.17, 15) is 8.42 Å². The Kier molecular flexibility index (Phi) is 3.97. The van der Waals surface area contributed by atoms with Crippen LogP contribution in [-0.2, 0) is 10.0 Å². The number of hydrogen-bond acceptors (Lipinski definition) is 3. The van der Waals surface area contributed by atoms with Gasteiger partial charge < -0.3 is 0 Å². The molecule has 0 aliphatic rings. The molecule has 86 valence electrons. The summed E-state index contributed by atoms with van der Waals surface area (Å²) in [6, 6.07) is 3.44. The van der Waals surface area contributed by atoms with Gasteiger partial charge in [-0.3, -0.25) is 0 Å². The lowest BCUT2D eigenvalue weighted by Gasteiger charge is -2.22. The first kappa shape index (κ1) is 13.2. The highest BCUT2D eigenvalue weighted by Gasteiger charge is 2.25. The molecule has 1 heterocycles. The quantitative estimate of drug-likeness (QED) is 0.868. The lowest BCUT2D eigenvalue weighted by molar-refractivity contribution is 0.502. The van der Waals surface area contributed by atoms with Crippen molar-refractivity contribution in [1.82, 2.24) is 4.72 Å². The molecule has 0 aliphatic heterocycles. The Balaban J connectivity index is 2.95. The van der Waals surface area contributed by atoms with E-state index in [2.05, 4.69) is 20.7 Å². The molecule has 6 heteroatoms. The van der Waals surface area contributed by atoms with E-state index in [-0.39, 0.29) is 0 Å². The predicted octanol–water partition coefficient (Wildman–Crippen LogP) is 2.51. The molecule has 0 bridgehead atoms. The van der Waals surface area contributed by atoms with Crippen molar-refractivity contribution in [2.45, 2.75) is 30.5 Å². The maximum absolute atomic E-state index is 11.9. The fraction of sp³-hybridized carbons (Fsp3) is 0.556. The van der Waals surface area contributed by atoms with Gasteiger partial charge in [-0.15, -0.1) is 11.3 Å². The van der Waals surface area contributed by atoms with Crippen molar-refractivity contribution in [3.05, 3.63) is 17.0 Å². The molecule has 0 aliphatic carbocycles. The minimum absolute atomic E-state index is 0.369. The van der Waals surface area contributed by atoms with Crippen LogP contribution in [0.3, 0.4) is 0 Å². The Morgan fingerprint density at radius 3 is 2.47 bits per heavy atom. The van der Waals surface area contributed by atoms with Crippen molar-refractivity contribution < 1.29 is 8.42 Å². The first-order valence-electron chi connectivity index (χ1n) is 4.43. The maximum Gasteiger partial charge on any atom is 0.250 e. The third-order valence-corrected chi connectivity index (χ3v) is 6.32. The van der Waals surface area contributed by atoms with Crippen LogP contribution >= 0.6 is 27.3 Å². The molecular formula is C9H14BrNO2S2. The molecule has 15 heavy (non-hydrogen) atoms. The van der Waals surface area contributed by atoms with Crippen molar-refractivity contribution in [3.63, 3.8) is 0 Å². The first-order valence-corrected chi connectivity index (χ1v) is 7.85. The zero-order chi connectivity index (χ0) is 11.7. The van der Waals surface area contributed by atoms with Crippen LogP contribution in [0, 0.1) is 6.92 Å². The molecule has 1 N–H and O–H groups in total. The standard InChI is InChI=1S/C9H14BrNO2S2/c1-7-4-5-8(14-7)15(12,13)11-9(2,3)6-10/h4-5,11H,6H2,1-3H3. The van der Waals surface area contributed by atoms with Crippen molar-refractivity contribution in [2.24, 2.45) is 0 Å². The van der Waals surface area contributed by atoms with E-state index < -0.39 is 15.6 Å². The van der Waals surface area contributed by atoms with Gasteiger partial charge in [0.15, 0.2) is 0 Å². The Labute approximate surface area is 103 Å². The fourth-order valence-electron chi connectivity index (χ4n) is 0.998. The van der Waals surface area contributed by atoms with Crippen LogP contribution in [0.1, 0.15) is 18.7 Å². The summed E-state index contributed by atoms with van der Waals surface area (Å²) in [7, 11) is -3.37. The molecule has 0 aromatic carbocycles. The maximum atomic E-state index is 11.9. The van der Waals surface area contributed by atoms with Gasteiger partial charge in [0, 0.05) is 15.7 Å². The minimum atomic E-state index is -3.37. The van der Waals surface area contributed by atoms with Crippen molar-refractivity contribution >= 4 is 37.3 Å². The second-order valence-corrected chi connectivity index (χ2v) is 7.75. The molecule has 0 amide bonds. The molecule has 1 aromatic heterocycles. The Morgan fingerprint density at radius 2 is 2.07 bits per heavy atom. The van der Waals surface area contributed by atoms with E-state index >= 15 is 0 Å². The van der Waals surface area contributed by atoms with Gasteiger partial charge >= 0.3 is 0 Å². The van der Waals surface area contributed by atoms with Gasteiger partial charge in [-0.1, -0.05) is 15.9 Å². The number of nitrogens with one attached hydrogen (secondary N) is 1. The summed E-state index contributed by atoms with van der Waals surface area (Å²) in [5.74, 6) is 0. The molecule has 0 unspecified atom stereocenters. The van der Waals surface area contributed by atoms with E-state index in [0.717, 1.165) is 4.88 Å². The second kappa shape index (κ2) is 4.53. The summed E-state index contributed by atoms with van der Waals surface area (Å²) in [4.78, 5) is 0.993. The number of alkyl halides is 1. The molecule has 1 aromatic rings. The van der Waals surface area contributed by atoms with E-state index in [0.29, 0.717) is 9.54 Å². The van der Waals surface area contributed by atoms with E-state index in [1.54, 1.807) is 12.1 Å². The Bertz CT molecular complexity index is 437. The molecule has 0 atom stereocenters. The van der Waals surface area contributed by atoms with Crippen molar-refractivity contribution in [1.29, 1.82) is 0 Å². The molecule has 1 rings (SSSR count). The summed E-state index contributed by atoms with van der Waals surface area (Å²) >= 11 is 4.56. The van der Waals surface area contributed by atoms with Gasteiger partial charge in [-0.25, -0.2) is 13.1 Å². The molecule has 0 radical (unpaired) electrons. The average Bonchev–Trinajstić information content (AvgIpc) is 2.51. The third-order valence-electron chi connectivity index (χ3n) is 1.73. The fourth-order valence-corrected chi connectivity index (χ4v) is 4.02. The first-order chi connectivity index (χ1) is 6.77. The van der Waals surface area contributed by atoms with Gasteiger partial charge in [-0.2, -0.15) is 0 Å². The summed E-state index contributed by atoms with van der Waals surface area (Å²) < 4.78 is 26.8. The number of hydrogen-bond donors (Lipinski definition) is 1. The highest BCUT2D eigenvalue weighted by Crippen LogP contribution is 2.22. The van der Waals surface area contributed by atoms with Crippen molar-refractivity contribution in [2.75, 3.05) is 5.33 Å². The van der Waals surface area contributed by atoms with E-state index in [4.69, 9.17) is 0 Å². The Morgan fingerprint density at radius 1 is 1.47 bits per heavy atom. The molecule has 0 fully saturated rings. The van der Waals surface area contributed by atoms with Crippen LogP contribution in [0.2, 0.25) is 0 Å². The number of rotatable bonds is 4. The van der Waals surface area contributed by atoms with Crippen LogP contribution in [0.15, 0.2) is 16.3 Å². The normalized spacial score (nSPS) is 13.1. The number of aryl methyl sites for hydroxylation is 1. The van der Waals surface area contributed by atoms with Crippen LogP contribution < -0.4 is 4.72 Å². The van der Waals surface area contributed by atoms with Crippen LogP contribution in [-0.4, -0.2) is 19.3 Å².